The summed E-state index contributed by atoms with van der Waals surface area (Å²) in [6.45, 7) is 6.70. The van der Waals surface area contributed by atoms with E-state index in [0.29, 0.717) is 13.1 Å². The van der Waals surface area contributed by atoms with Gasteiger partial charge in [-0.25, -0.2) is 8.42 Å². The highest BCUT2D eigenvalue weighted by atomic mass is 32.2. The molecule has 0 saturated carbocycles. The van der Waals surface area contributed by atoms with Gasteiger partial charge in [0.25, 0.3) is 5.56 Å². The number of sulfonamides is 1. The molecule has 3 rings (SSSR count). The van der Waals surface area contributed by atoms with Gasteiger partial charge in [-0.1, -0.05) is 32.0 Å². The normalized spacial score (nSPS) is 15.0. The molecule has 1 saturated heterocycles. The van der Waals surface area contributed by atoms with Crippen LogP contribution in [0.15, 0.2) is 46.2 Å². The summed E-state index contributed by atoms with van der Waals surface area (Å²) in [4.78, 5) is 24.9. The summed E-state index contributed by atoms with van der Waals surface area (Å²) in [5, 5.41) is 2.89. The summed E-state index contributed by atoms with van der Waals surface area (Å²) >= 11 is 0. The number of amides is 1. The number of aromatic nitrogens is 1. The van der Waals surface area contributed by atoms with Crippen LogP contribution in [0.5, 0.6) is 0 Å². The molecule has 156 valence electrons. The van der Waals surface area contributed by atoms with E-state index in [1.807, 2.05) is 39.0 Å². The lowest BCUT2D eigenvalue weighted by Gasteiger charge is -2.18. The van der Waals surface area contributed by atoms with Gasteiger partial charge in [0.1, 0.15) is 6.54 Å². The number of benzene rings is 1. The van der Waals surface area contributed by atoms with Gasteiger partial charge in [0.2, 0.25) is 15.9 Å². The summed E-state index contributed by atoms with van der Waals surface area (Å²) in [5.74, 6) is -0.152. The van der Waals surface area contributed by atoms with Gasteiger partial charge >= 0.3 is 0 Å². The second-order valence-electron chi connectivity index (χ2n) is 7.68. The molecule has 0 radical (unpaired) electrons. The first kappa shape index (κ1) is 21.3. The number of anilines is 1. The van der Waals surface area contributed by atoms with Crippen LogP contribution in [0.25, 0.3) is 0 Å². The Balaban J connectivity index is 1.84. The van der Waals surface area contributed by atoms with Crippen molar-refractivity contribution in [1.29, 1.82) is 0 Å². The minimum Gasteiger partial charge on any atom is -0.324 e. The van der Waals surface area contributed by atoms with Crippen molar-refractivity contribution in [3.05, 3.63) is 58.0 Å². The van der Waals surface area contributed by atoms with Gasteiger partial charge < -0.3 is 9.88 Å². The monoisotopic (exact) mass is 417 g/mol. The topological polar surface area (TPSA) is 88.5 Å². The second-order valence-corrected chi connectivity index (χ2v) is 9.62. The number of carbonyl (C=O) groups excluding carboxylic acids is 1. The lowest BCUT2D eigenvalue weighted by atomic mass is 9.98. The first-order chi connectivity index (χ1) is 13.7. The average molecular weight is 418 g/mol. The molecule has 1 N–H and O–H groups in total. The Labute approximate surface area is 171 Å². The second kappa shape index (κ2) is 8.51. The third kappa shape index (κ3) is 4.59. The molecule has 0 unspecified atom stereocenters. The minimum atomic E-state index is -3.66. The van der Waals surface area contributed by atoms with Crippen molar-refractivity contribution < 1.29 is 13.2 Å². The molecule has 0 spiro atoms. The number of para-hydroxylation sites is 1. The maximum atomic E-state index is 12.7. The number of pyridine rings is 1. The van der Waals surface area contributed by atoms with E-state index in [1.54, 1.807) is 0 Å². The average Bonchev–Trinajstić information content (AvgIpc) is 3.20. The Morgan fingerprint density at radius 1 is 1.14 bits per heavy atom. The highest BCUT2D eigenvalue weighted by molar-refractivity contribution is 7.89. The molecule has 1 aliphatic rings. The molecule has 0 atom stereocenters. The fourth-order valence-corrected chi connectivity index (χ4v) is 5.08. The fourth-order valence-electron chi connectivity index (χ4n) is 3.54. The van der Waals surface area contributed by atoms with E-state index in [-0.39, 0.29) is 23.3 Å². The third-order valence-electron chi connectivity index (χ3n) is 5.16. The van der Waals surface area contributed by atoms with E-state index in [0.717, 1.165) is 34.2 Å². The maximum Gasteiger partial charge on any atom is 0.251 e. The first-order valence-electron chi connectivity index (χ1n) is 9.80. The van der Waals surface area contributed by atoms with E-state index in [9.17, 15) is 18.0 Å². The molecule has 0 aliphatic carbocycles. The fraction of sp³-hybridized carbons (Fsp3) is 0.429. The van der Waals surface area contributed by atoms with Crippen LogP contribution >= 0.6 is 0 Å². The quantitative estimate of drug-likeness (QED) is 0.783. The summed E-state index contributed by atoms with van der Waals surface area (Å²) in [5.41, 5.74) is 2.26. The van der Waals surface area contributed by atoms with Crippen LogP contribution in [-0.2, 0) is 21.4 Å². The van der Waals surface area contributed by atoms with Gasteiger partial charge in [-0.15, -0.1) is 0 Å². The van der Waals surface area contributed by atoms with Crippen molar-refractivity contribution >= 4 is 21.6 Å². The first-order valence-corrected chi connectivity index (χ1v) is 11.2. The molecule has 29 heavy (non-hydrogen) atoms. The van der Waals surface area contributed by atoms with Crippen molar-refractivity contribution in [3.63, 3.8) is 0 Å². The molecule has 7 nitrogen and oxygen atoms in total. The van der Waals surface area contributed by atoms with Crippen LogP contribution in [0.1, 0.15) is 43.7 Å². The molecule has 1 aromatic heterocycles. The molecule has 1 amide bonds. The largest absolute Gasteiger partial charge is 0.324 e. The van der Waals surface area contributed by atoms with Crippen molar-refractivity contribution in [2.45, 2.75) is 51.0 Å². The number of hydrogen-bond acceptors (Lipinski definition) is 4. The zero-order chi connectivity index (χ0) is 21.2. The Hall–Kier alpha value is -2.45. The van der Waals surface area contributed by atoms with Crippen molar-refractivity contribution in [3.8, 4) is 0 Å². The van der Waals surface area contributed by atoms with E-state index >= 15 is 0 Å². The highest BCUT2D eigenvalue weighted by Gasteiger charge is 2.27. The molecular weight excluding hydrogens is 390 g/mol. The molecule has 2 aromatic rings. The summed E-state index contributed by atoms with van der Waals surface area (Å²) < 4.78 is 28.1. The molecule has 2 heterocycles. The summed E-state index contributed by atoms with van der Waals surface area (Å²) in [7, 11) is -3.66. The zero-order valence-electron chi connectivity index (χ0n) is 17.0. The van der Waals surface area contributed by atoms with Gasteiger partial charge in [0, 0.05) is 31.0 Å². The molecule has 1 aliphatic heterocycles. The maximum absolute atomic E-state index is 12.7. The van der Waals surface area contributed by atoms with Gasteiger partial charge in [0.15, 0.2) is 0 Å². The summed E-state index contributed by atoms with van der Waals surface area (Å²) in [6, 6.07) is 8.32. The SMILES string of the molecule is Cc1cccc(C(C)C)c1NC(=O)Cn1cc(S(=O)(=O)N2CCCC2)ccc1=O. The molecule has 1 fully saturated rings. The number of carbonyl (C=O) groups is 1. The van der Waals surface area contributed by atoms with Crippen molar-refractivity contribution in [1.82, 2.24) is 8.87 Å². The van der Waals surface area contributed by atoms with Crippen LogP contribution in [0.2, 0.25) is 0 Å². The molecular formula is C21H27N3O4S. The molecule has 0 bridgehead atoms. The van der Waals surface area contributed by atoms with Crippen LogP contribution in [0, 0.1) is 6.92 Å². The zero-order valence-corrected chi connectivity index (χ0v) is 17.8. The smallest absolute Gasteiger partial charge is 0.251 e. The van der Waals surface area contributed by atoms with Gasteiger partial charge in [0.05, 0.1) is 4.90 Å². The minimum absolute atomic E-state index is 0.0329. The predicted molar refractivity (Wildman–Crippen MR) is 113 cm³/mol. The predicted octanol–water partition coefficient (Wildman–Crippen LogP) is 2.70. The van der Waals surface area contributed by atoms with E-state index in [1.165, 1.54) is 22.6 Å². The van der Waals surface area contributed by atoms with Crippen molar-refractivity contribution in [2.24, 2.45) is 0 Å². The highest BCUT2D eigenvalue weighted by Crippen LogP contribution is 2.27. The Kier molecular flexibility index (Phi) is 6.24. The third-order valence-corrected chi connectivity index (χ3v) is 7.05. The number of nitrogens with one attached hydrogen (secondary N) is 1. The van der Waals surface area contributed by atoms with Crippen LogP contribution < -0.4 is 10.9 Å². The number of nitrogens with zero attached hydrogens (tertiary/aromatic N) is 2. The van der Waals surface area contributed by atoms with Gasteiger partial charge in [-0.2, -0.15) is 4.31 Å². The lowest BCUT2D eigenvalue weighted by molar-refractivity contribution is -0.116. The number of rotatable bonds is 6. The van der Waals surface area contributed by atoms with Crippen LogP contribution in [0.4, 0.5) is 5.69 Å². The number of hydrogen-bond donors (Lipinski definition) is 1. The molecule has 8 heteroatoms. The van der Waals surface area contributed by atoms with Crippen LogP contribution in [-0.4, -0.2) is 36.3 Å². The molecule has 1 aromatic carbocycles. The Morgan fingerprint density at radius 3 is 2.48 bits per heavy atom. The van der Waals surface area contributed by atoms with Gasteiger partial charge in [-0.05, 0) is 42.9 Å². The van der Waals surface area contributed by atoms with Gasteiger partial charge in [-0.3, -0.25) is 9.59 Å². The Morgan fingerprint density at radius 2 is 1.83 bits per heavy atom. The van der Waals surface area contributed by atoms with E-state index in [4.69, 9.17) is 0 Å². The summed E-state index contributed by atoms with van der Waals surface area (Å²) in [6.07, 6.45) is 2.92. The lowest BCUT2D eigenvalue weighted by Crippen LogP contribution is -2.31. The van der Waals surface area contributed by atoms with E-state index < -0.39 is 15.6 Å². The van der Waals surface area contributed by atoms with Crippen molar-refractivity contribution in [2.75, 3.05) is 18.4 Å². The Bertz CT molecular complexity index is 1070. The van der Waals surface area contributed by atoms with E-state index in [2.05, 4.69) is 5.32 Å². The number of aryl methyl sites for hydroxylation is 1. The standard InChI is InChI=1S/C21H27N3O4S/c1-15(2)18-8-6-7-16(3)21(18)22-19(25)14-23-13-17(9-10-20(23)26)29(27,28)24-11-4-5-12-24/h6-10,13,15H,4-5,11-12,14H2,1-3H3,(H,22,25). The van der Waals surface area contributed by atoms with Crippen LogP contribution in [0.3, 0.4) is 0 Å².